The van der Waals surface area contributed by atoms with E-state index in [9.17, 15) is 61.0 Å². The first kappa shape index (κ1) is 84.9. The molecule has 0 aromatic rings. The minimum absolute atomic E-state index is 0.198. The highest BCUT2D eigenvalue weighted by molar-refractivity contribution is 5.76. The fraction of sp³-hybridized carbons (Fsp3) is 0.773. The van der Waals surface area contributed by atoms with Crippen molar-refractivity contribution in [3.05, 3.63) is 97.2 Å². The highest BCUT2D eigenvalue weighted by Crippen LogP contribution is 2.33. The molecule has 19 nitrogen and oxygen atoms in total. The van der Waals surface area contributed by atoms with Crippen molar-refractivity contribution in [2.45, 2.75) is 343 Å². The van der Waals surface area contributed by atoms with Gasteiger partial charge in [-0.15, -0.1) is 0 Å². The number of amides is 1. The van der Waals surface area contributed by atoms with Crippen molar-refractivity contribution in [3.8, 4) is 0 Å². The lowest BCUT2D eigenvalue weighted by Crippen LogP contribution is -2.66. The first-order chi connectivity index (χ1) is 45.8. The third-order valence-electron chi connectivity index (χ3n) is 17.6. The Bertz CT molecular complexity index is 2080. The number of ether oxygens (including phenoxy) is 6. The fourth-order valence-electron chi connectivity index (χ4n) is 11.8. The molecule has 3 aliphatic heterocycles. The van der Waals surface area contributed by atoms with E-state index in [1.807, 2.05) is 6.08 Å². The summed E-state index contributed by atoms with van der Waals surface area (Å²) in [5.74, 6) is -0.309. The standard InChI is InChI=1S/C75H129NO18/c1-3-5-7-9-11-13-15-17-19-21-23-25-27-29-31-33-35-37-39-41-43-45-47-49-51-53-63(81)76-58(59(80)52-50-48-46-44-42-40-38-36-34-32-30-28-26-24-22-20-18-16-14-12-10-8-6-4-2)57-89-73-69(87)66(84)71(61(55-78)91-73)94-75-70(88)67(85)72(62(56-79)92-75)93-74-68(86)65(83)64(82)60(54-77)90-74/h5,7,11,13,17,19,23,25,29,31,35,37,41,43,50,52,58-62,64-75,77-80,82-88H,3-4,6,8-10,12,14-16,18,20-22,24,26-28,30,32-34,36,38-40,42,44-49,51,53-57H2,1-2H3,(H,76,81)/b7-5-,13-11-,19-17-,25-23-,31-29-,37-35-,43-41-,52-50+. The smallest absolute Gasteiger partial charge is 0.220 e. The van der Waals surface area contributed by atoms with Crippen LogP contribution in [0.15, 0.2) is 97.2 Å². The minimum atomic E-state index is -1.99. The summed E-state index contributed by atoms with van der Waals surface area (Å²) in [5, 5.41) is 121. The van der Waals surface area contributed by atoms with Crippen LogP contribution in [0.2, 0.25) is 0 Å². The second-order valence-corrected chi connectivity index (χ2v) is 25.7. The zero-order valence-electron chi connectivity index (χ0n) is 57.4. The Morgan fingerprint density at radius 1 is 0.394 bits per heavy atom. The van der Waals surface area contributed by atoms with Crippen molar-refractivity contribution < 1.29 is 89.4 Å². The summed E-state index contributed by atoms with van der Waals surface area (Å²) in [5.41, 5.74) is 0. The zero-order valence-corrected chi connectivity index (χ0v) is 57.4. The van der Waals surface area contributed by atoms with Crippen LogP contribution in [-0.2, 0) is 33.2 Å². The SMILES string of the molecule is CC/C=C\C/C=C\C/C=C\C/C=C\C/C=C\C/C=C\C/C=C\CCCCCC(=O)NC(COC1OC(CO)C(OC2OC(CO)C(OC3OC(CO)C(O)C(O)C3O)C(O)C2O)C(O)C1O)C(O)/C=C/CCCCCCCCCCCCCCCCCCCCCCCC. The molecule has 0 radical (unpaired) electrons. The van der Waals surface area contributed by atoms with Gasteiger partial charge in [-0.2, -0.15) is 0 Å². The molecular formula is C75H129NO18. The van der Waals surface area contributed by atoms with Gasteiger partial charge in [0.05, 0.1) is 38.6 Å². The van der Waals surface area contributed by atoms with Crippen LogP contribution in [0.3, 0.4) is 0 Å². The van der Waals surface area contributed by atoms with Gasteiger partial charge in [0.25, 0.3) is 0 Å². The lowest BCUT2D eigenvalue weighted by atomic mass is 9.96. The van der Waals surface area contributed by atoms with Gasteiger partial charge in [0.1, 0.15) is 73.2 Å². The van der Waals surface area contributed by atoms with Crippen molar-refractivity contribution in [1.82, 2.24) is 5.32 Å². The van der Waals surface area contributed by atoms with E-state index in [1.54, 1.807) is 6.08 Å². The fourth-order valence-corrected chi connectivity index (χ4v) is 11.8. The zero-order chi connectivity index (χ0) is 68.2. The summed E-state index contributed by atoms with van der Waals surface area (Å²) < 4.78 is 34.4. The summed E-state index contributed by atoms with van der Waals surface area (Å²) in [6.07, 6.45) is 46.6. The Hall–Kier alpha value is -3.29. The largest absolute Gasteiger partial charge is 0.394 e. The molecule has 0 bridgehead atoms. The molecule has 1 amide bonds. The molecule has 0 spiro atoms. The Labute approximate surface area is 564 Å². The first-order valence-electron chi connectivity index (χ1n) is 36.5. The normalized spacial score (nSPS) is 27.9. The van der Waals surface area contributed by atoms with Crippen molar-refractivity contribution >= 4 is 5.91 Å². The van der Waals surface area contributed by atoms with E-state index < -0.39 is 124 Å². The molecule has 0 saturated carbocycles. The van der Waals surface area contributed by atoms with E-state index >= 15 is 0 Å². The van der Waals surface area contributed by atoms with E-state index in [0.717, 1.165) is 89.9 Å². The molecule has 0 aliphatic carbocycles. The number of allylic oxidation sites excluding steroid dienone is 15. The summed E-state index contributed by atoms with van der Waals surface area (Å²) in [7, 11) is 0. The third kappa shape index (κ3) is 36.5. The van der Waals surface area contributed by atoms with Gasteiger partial charge in [-0.25, -0.2) is 0 Å². The molecule has 0 aromatic heterocycles. The van der Waals surface area contributed by atoms with Crippen LogP contribution in [-0.4, -0.2) is 193 Å². The average Bonchev–Trinajstić information content (AvgIpc) is 0.788. The van der Waals surface area contributed by atoms with Crippen LogP contribution in [0.5, 0.6) is 0 Å². The summed E-state index contributed by atoms with van der Waals surface area (Å²) in [6, 6.07) is -0.999. The quantitative estimate of drug-likeness (QED) is 0.0199. The predicted octanol–water partition coefficient (Wildman–Crippen LogP) is 10.4. The molecule has 94 heavy (non-hydrogen) atoms. The number of aliphatic hydroxyl groups is 11. The van der Waals surface area contributed by atoms with Gasteiger partial charge in [-0.3, -0.25) is 4.79 Å². The maximum Gasteiger partial charge on any atom is 0.220 e. The maximum absolute atomic E-state index is 13.4. The number of aliphatic hydroxyl groups excluding tert-OH is 11. The number of hydrogen-bond donors (Lipinski definition) is 12. The molecule has 3 rings (SSSR count). The Kier molecular flexibility index (Phi) is 50.2. The van der Waals surface area contributed by atoms with Crippen LogP contribution >= 0.6 is 0 Å². The van der Waals surface area contributed by atoms with Gasteiger partial charge in [0, 0.05) is 6.42 Å². The summed E-state index contributed by atoms with van der Waals surface area (Å²) in [4.78, 5) is 13.4. The molecule has 0 aromatic carbocycles. The van der Waals surface area contributed by atoms with E-state index in [4.69, 9.17) is 28.4 Å². The number of unbranched alkanes of at least 4 members (excludes halogenated alkanes) is 25. The van der Waals surface area contributed by atoms with Crippen LogP contribution < -0.4 is 5.32 Å². The Morgan fingerprint density at radius 2 is 0.734 bits per heavy atom. The van der Waals surface area contributed by atoms with E-state index in [2.05, 4.69) is 104 Å². The topological polar surface area (TPSA) is 307 Å². The van der Waals surface area contributed by atoms with Crippen molar-refractivity contribution in [2.24, 2.45) is 0 Å². The van der Waals surface area contributed by atoms with Crippen LogP contribution in [0.25, 0.3) is 0 Å². The Balaban J connectivity index is 1.45. The van der Waals surface area contributed by atoms with Gasteiger partial charge in [0.2, 0.25) is 5.91 Å². The number of carbonyl (C=O) groups is 1. The van der Waals surface area contributed by atoms with Crippen LogP contribution in [0, 0.1) is 0 Å². The summed E-state index contributed by atoms with van der Waals surface area (Å²) in [6.45, 7) is 1.60. The minimum Gasteiger partial charge on any atom is -0.394 e. The third-order valence-corrected chi connectivity index (χ3v) is 17.6. The number of nitrogens with one attached hydrogen (secondary N) is 1. The van der Waals surface area contributed by atoms with Crippen molar-refractivity contribution in [2.75, 3.05) is 26.4 Å². The lowest BCUT2D eigenvalue weighted by Gasteiger charge is -2.48. The second kappa shape index (κ2) is 55.6. The maximum atomic E-state index is 13.4. The van der Waals surface area contributed by atoms with Crippen LogP contribution in [0.1, 0.15) is 239 Å². The van der Waals surface area contributed by atoms with Gasteiger partial charge >= 0.3 is 0 Å². The molecule has 3 fully saturated rings. The summed E-state index contributed by atoms with van der Waals surface area (Å²) >= 11 is 0. The Morgan fingerprint density at radius 3 is 1.15 bits per heavy atom. The average molecular weight is 1330 g/mol. The number of hydrogen-bond acceptors (Lipinski definition) is 18. The lowest BCUT2D eigenvalue weighted by molar-refractivity contribution is -0.379. The highest BCUT2D eigenvalue weighted by atomic mass is 16.8. The van der Waals surface area contributed by atoms with E-state index in [1.165, 1.54) is 122 Å². The molecule has 12 N–H and O–H groups in total. The monoisotopic (exact) mass is 1330 g/mol. The van der Waals surface area contributed by atoms with E-state index in [-0.39, 0.29) is 18.9 Å². The number of rotatable bonds is 55. The van der Waals surface area contributed by atoms with Crippen molar-refractivity contribution in [1.29, 1.82) is 0 Å². The molecule has 17 atom stereocenters. The molecule has 19 heteroatoms. The van der Waals surface area contributed by atoms with Gasteiger partial charge < -0.3 is 89.9 Å². The highest BCUT2D eigenvalue weighted by Gasteiger charge is 2.53. The van der Waals surface area contributed by atoms with Gasteiger partial charge in [0.15, 0.2) is 18.9 Å². The first-order valence-corrected chi connectivity index (χ1v) is 36.5. The van der Waals surface area contributed by atoms with Crippen molar-refractivity contribution in [3.63, 3.8) is 0 Å². The second-order valence-electron chi connectivity index (χ2n) is 25.7. The predicted molar refractivity (Wildman–Crippen MR) is 369 cm³/mol. The van der Waals surface area contributed by atoms with Gasteiger partial charge in [-0.1, -0.05) is 252 Å². The van der Waals surface area contributed by atoms with Gasteiger partial charge in [-0.05, 0) is 77.0 Å². The molecule has 17 unspecified atom stereocenters. The van der Waals surface area contributed by atoms with E-state index in [0.29, 0.717) is 6.42 Å². The number of carbonyl (C=O) groups excluding carboxylic acids is 1. The molecule has 3 saturated heterocycles. The molecule has 3 heterocycles. The van der Waals surface area contributed by atoms with Crippen LogP contribution in [0.4, 0.5) is 0 Å². The molecule has 542 valence electrons. The molecule has 3 aliphatic rings. The molecular weight excluding hydrogens is 1200 g/mol.